The number of nitrogens with two attached hydrogens (primary N) is 1. The summed E-state index contributed by atoms with van der Waals surface area (Å²) in [6.07, 6.45) is 0.284. The van der Waals surface area contributed by atoms with Crippen LogP contribution >= 0.6 is 0 Å². The fourth-order valence-electron chi connectivity index (χ4n) is 1.99. The molecule has 0 aliphatic rings. The highest BCUT2D eigenvalue weighted by Gasteiger charge is 2.29. The zero-order valence-electron chi connectivity index (χ0n) is 11.1. The van der Waals surface area contributed by atoms with E-state index in [1.165, 1.54) is 18.5 Å². The summed E-state index contributed by atoms with van der Waals surface area (Å²) < 4.78 is 37.5. The third-order valence-corrected chi connectivity index (χ3v) is 3.09. The smallest absolute Gasteiger partial charge is 0.383 e. The quantitative estimate of drug-likeness (QED) is 0.762. The van der Waals surface area contributed by atoms with E-state index in [1.54, 1.807) is 12.2 Å². The number of nitrogens with one attached hydrogen (secondary N) is 1. The highest BCUT2D eigenvalue weighted by molar-refractivity contribution is 5.94. The van der Waals surface area contributed by atoms with Gasteiger partial charge in [-0.25, -0.2) is 9.97 Å². The molecule has 0 atom stereocenters. The van der Waals surface area contributed by atoms with Crippen LogP contribution in [-0.2, 0) is 6.18 Å². The van der Waals surface area contributed by atoms with Gasteiger partial charge in [0.1, 0.15) is 12.1 Å². The number of aromatic amines is 1. The molecule has 3 N–H and O–H groups in total. The number of nitrogen functional groups attached to an aromatic ring is 1. The maximum atomic E-state index is 12.5. The van der Waals surface area contributed by atoms with Gasteiger partial charge in [-0.15, -0.1) is 0 Å². The third kappa shape index (κ3) is 2.62. The Morgan fingerprint density at radius 1 is 1.05 bits per heavy atom. The maximum absolute atomic E-state index is 12.5. The van der Waals surface area contributed by atoms with Crippen molar-refractivity contribution in [1.82, 2.24) is 20.2 Å². The van der Waals surface area contributed by atoms with Gasteiger partial charge in [-0.05, 0) is 23.8 Å². The Kier molecular flexibility index (Phi) is 3.28. The van der Waals surface area contributed by atoms with Gasteiger partial charge in [-0.1, -0.05) is 18.2 Å². The zero-order valence-corrected chi connectivity index (χ0v) is 11.1. The number of halogens is 3. The van der Waals surface area contributed by atoms with Gasteiger partial charge in [0.15, 0.2) is 5.65 Å². The van der Waals surface area contributed by atoms with Crippen LogP contribution in [0.3, 0.4) is 0 Å². The summed E-state index contributed by atoms with van der Waals surface area (Å²) in [6.45, 7) is 0. The highest BCUT2D eigenvalue weighted by Crippen LogP contribution is 2.29. The summed E-state index contributed by atoms with van der Waals surface area (Å²) in [5.41, 5.74) is 6.72. The van der Waals surface area contributed by atoms with Crippen LogP contribution in [0.1, 0.15) is 16.8 Å². The molecule has 3 aromatic rings. The van der Waals surface area contributed by atoms with Crippen molar-refractivity contribution in [1.29, 1.82) is 0 Å². The molecule has 2 aromatic heterocycles. The number of hydrogen-bond donors (Lipinski definition) is 2. The second-order valence-electron chi connectivity index (χ2n) is 4.55. The van der Waals surface area contributed by atoms with Crippen LogP contribution in [0.5, 0.6) is 0 Å². The molecule has 5 nitrogen and oxygen atoms in total. The lowest BCUT2D eigenvalue weighted by molar-refractivity contribution is -0.137. The van der Waals surface area contributed by atoms with Gasteiger partial charge in [0.05, 0.1) is 16.6 Å². The number of H-pyrrole nitrogens is 1. The molecule has 0 bridgehead atoms. The molecular formula is C14H10F3N5. The van der Waals surface area contributed by atoms with Crippen molar-refractivity contribution in [2.45, 2.75) is 6.18 Å². The Bertz CT molecular complexity index is 834. The first-order valence-electron chi connectivity index (χ1n) is 6.25. The molecule has 112 valence electrons. The van der Waals surface area contributed by atoms with Crippen molar-refractivity contribution >= 4 is 29.0 Å². The van der Waals surface area contributed by atoms with Gasteiger partial charge in [0.2, 0.25) is 0 Å². The molecule has 2 heterocycles. The van der Waals surface area contributed by atoms with Gasteiger partial charge in [0, 0.05) is 0 Å². The molecule has 0 spiro atoms. The Balaban J connectivity index is 1.90. The van der Waals surface area contributed by atoms with Crippen LogP contribution in [0.2, 0.25) is 0 Å². The van der Waals surface area contributed by atoms with Crippen LogP contribution in [0.15, 0.2) is 30.6 Å². The molecule has 8 heteroatoms. The van der Waals surface area contributed by atoms with Crippen molar-refractivity contribution in [3.8, 4) is 0 Å². The molecular weight excluding hydrogens is 295 g/mol. The fraction of sp³-hybridized carbons (Fsp3) is 0.0714. The normalized spacial score (nSPS) is 12.3. The molecule has 1 aromatic carbocycles. The average molecular weight is 305 g/mol. The van der Waals surface area contributed by atoms with Crippen LogP contribution in [-0.4, -0.2) is 20.2 Å². The van der Waals surface area contributed by atoms with E-state index in [9.17, 15) is 13.2 Å². The molecule has 22 heavy (non-hydrogen) atoms. The summed E-state index contributed by atoms with van der Waals surface area (Å²) in [5, 5.41) is 7.32. The predicted molar refractivity (Wildman–Crippen MR) is 76.5 cm³/mol. The predicted octanol–water partition coefficient (Wildman–Crippen LogP) is 3.12. The molecule has 0 aliphatic carbocycles. The summed E-state index contributed by atoms with van der Waals surface area (Å²) in [4.78, 5) is 7.85. The number of aromatic nitrogens is 4. The first-order chi connectivity index (χ1) is 10.4. The van der Waals surface area contributed by atoms with E-state index in [0.29, 0.717) is 22.3 Å². The minimum absolute atomic E-state index is 0.283. The molecule has 0 saturated heterocycles. The molecule has 0 fully saturated rings. The van der Waals surface area contributed by atoms with E-state index in [-0.39, 0.29) is 5.82 Å². The largest absolute Gasteiger partial charge is 0.416 e. The topological polar surface area (TPSA) is 80.5 Å². The molecule has 0 aliphatic heterocycles. The van der Waals surface area contributed by atoms with E-state index < -0.39 is 11.7 Å². The second-order valence-corrected chi connectivity index (χ2v) is 4.55. The molecule has 0 unspecified atom stereocenters. The Morgan fingerprint density at radius 2 is 1.77 bits per heavy atom. The highest BCUT2D eigenvalue weighted by atomic mass is 19.4. The van der Waals surface area contributed by atoms with E-state index >= 15 is 0 Å². The second kappa shape index (κ2) is 5.14. The first kappa shape index (κ1) is 14.1. The van der Waals surface area contributed by atoms with Gasteiger partial charge >= 0.3 is 6.18 Å². The Morgan fingerprint density at radius 3 is 2.45 bits per heavy atom. The summed E-state index contributed by atoms with van der Waals surface area (Å²) in [5.74, 6) is 0.283. The lowest BCUT2D eigenvalue weighted by Gasteiger charge is -2.05. The molecule has 0 saturated carbocycles. The number of nitrogens with zero attached hydrogens (tertiary/aromatic N) is 3. The Labute approximate surface area is 122 Å². The average Bonchev–Trinajstić information content (AvgIpc) is 2.89. The number of benzene rings is 1. The van der Waals surface area contributed by atoms with Crippen molar-refractivity contribution < 1.29 is 13.2 Å². The van der Waals surface area contributed by atoms with Crippen molar-refractivity contribution in [3.63, 3.8) is 0 Å². The van der Waals surface area contributed by atoms with Crippen molar-refractivity contribution in [3.05, 3.63) is 47.4 Å². The molecule has 3 rings (SSSR count). The fourth-order valence-corrected chi connectivity index (χ4v) is 1.99. The maximum Gasteiger partial charge on any atom is 0.416 e. The van der Waals surface area contributed by atoms with Gasteiger partial charge < -0.3 is 5.73 Å². The minimum Gasteiger partial charge on any atom is -0.383 e. The van der Waals surface area contributed by atoms with Crippen molar-refractivity contribution in [2.24, 2.45) is 0 Å². The number of alkyl halides is 3. The number of anilines is 1. The van der Waals surface area contributed by atoms with Crippen LogP contribution in [0.25, 0.3) is 23.2 Å². The minimum atomic E-state index is -4.34. The number of rotatable bonds is 2. The lowest BCUT2D eigenvalue weighted by Crippen LogP contribution is -2.03. The van der Waals surface area contributed by atoms with Gasteiger partial charge in [-0.2, -0.15) is 18.3 Å². The van der Waals surface area contributed by atoms with E-state index in [2.05, 4.69) is 20.2 Å². The molecule has 0 amide bonds. The van der Waals surface area contributed by atoms with Crippen LogP contribution in [0, 0.1) is 0 Å². The van der Waals surface area contributed by atoms with Crippen LogP contribution < -0.4 is 5.73 Å². The van der Waals surface area contributed by atoms with Crippen LogP contribution in [0.4, 0.5) is 19.0 Å². The van der Waals surface area contributed by atoms with E-state index in [1.807, 2.05) is 0 Å². The summed E-state index contributed by atoms with van der Waals surface area (Å²) >= 11 is 0. The zero-order chi connectivity index (χ0) is 15.7. The Hall–Kier alpha value is -2.90. The number of fused-ring (bicyclic) bond motifs is 1. The van der Waals surface area contributed by atoms with Gasteiger partial charge in [0.25, 0.3) is 0 Å². The third-order valence-electron chi connectivity index (χ3n) is 3.09. The summed E-state index contributed by atoms with van der Waals surface area (Å²) in [7, 11) is 0. The van der Waals surface area contributed by atoms with Gasteiger partial charge in [-0.3, -0.25) is 5.10 Å². The monoisotopic (exact) mass is 305 g/mol. The standard InChI is InChI=1S/C14H10F3N5/c15-14(16,17)9-4-1-8(2-5-9)3-6-10-11-12(18)19-7-20-13(11)22-21-10/h1-7H,(H3,18,19,20,21,22)/b6-3+. The van der Waals surface area contributed by atoms with Crippen molar-refractivity contribution in [2.75, 3.05) is 5.73 Å². The van der Waals surface area contributed by atoms with E-state index in [4.69, 9.17) is 5.73 Å². The SMILES string of the molecule is Nc1ncnc2n[nH]c(/C=C/c3ccc(C(F)(F)F)cc3)c12. The number of hydrogen-bond acceptors (Lipinski definition) is 4. The lowest BCUT2D eigenvalue weighted by atomic mass is 10.1. The first-order valence-corrected chi connectivity index (χ1v) is 6.25. The summed E-state index contributed by atoms with van der Waals surface area (Å²) in [6, 6.07) is 4.83. The molecule has 0 radical (unpaired) electrons. The van der Waals surface area contributed by atoms with E-state index in [0.717, 1.165) is 12.1 Å².